The van der Waals surface area contributed by atoms with Crippen LogP contribution in [0.5, 0.6) is 0 Å². The number of carbonyl (C=O) groups is 4. The fourth-order valence-corrected chi connectivity index (χ4v) is 3.11. The average molecular weight is 468 g/mol. The standard InChI is InChI=1S/C20H24N2.2C2H2O4/c1-15-8-4-6-10-18(15)20-19-11-7-5-9-16(19)14-17(21-20)12-13-22(2)3;2*3-1(4)2(5)6/h4-11,17H,12-14H2,1-3H3;2*(H,3,4)(H,5,6)/p-4. The molecule has 34 heavy (non-hydrogen) atoms. The lowest BCUT2D eigenvalue weighted by molar-refractivity contribution is -0.345. The first-order valence-corrected chi connectivity index (χ1v) is 10.2. The van der Waals surface area contributed by atoms with Gasteiger partial charge in [-0.2, -0.15) is 0 Å². The van der Waals surface area contributed by atoms with Gasteiger partial charge < -0.3 is 44.5 Å². The number of nitrogens with zero attached hydrogens (tertiary/aromatic N) is 2. The lowest BCUT2D eigenvalue weighted by Gasteiger charge is -2.25. The van der Waals surface area contributed by atoms with E-state index in [0.717, 1.165) is 19.4 Å². The summed E-state index contributed by atoms with van der Waals surface area (Å²) >= 11 is 0. The van der Waals surface area contributed by atoms with Crippen molar-refractivity contribution >= 4 is 29.6 Å². The predicted molar refractivity (Wildman–Crippen MR) is 114 cm³/mol. The van der Waals surface area contributed by atoms with Gasteiger partial charge in [0.1, 0.15) is 0 Å². The number of fused-ring (bicyclic) bond motifs is 1. The van der Waals surface area contributed by atoms with Crippen LogP contribution in [0.15, 0.2) is 53.5 Å². The number of aliphatic imine (C=N–C) groups is 1. The molecular formula is C24H24N2O8-4. The van der Waals surface area contributed by atoms with Gasteiger partial charge in [0.15, 0.2) is 0 Å². The van der Waals surface area contributed by atoms with Gasteiger partial charge >= 0.3 is 0 Å². The van der Waals surface area contributed by atoms with Crippen molar-refractivity contribution in [3.63, 3.8) is 0 Å². The molecule has 0 spiro atoms. The average Bonchev–Trinajstić information content (AvgIpc) is 2.78. The molecule has 1 heterocycles. The molecule has 0 saturated heterocycles. The van der Waals surface area contributed by atoms with E-state index in [-0.39, 0.29) is 0 Å². The van der Waals surface area contributed by atoms with Crippen LogP contribution in [0, 0.1) is 6.92 Å². The Morgan fingerprint density at radius 3 is 1.76 bits per heavy atom. The van der Waals surface area contributed by atoms with Crippen LogP contribution in [-0.4, -0.2) is 61.2 Å². The quantitative estimate of drug-likeness (QED) is 0.416. The van der Waals surface area contributed by atoms with Gasteiger partial charge in [-0.1, -0.05) is 48.5 Å². The largest absolute Gasteiger partial charge is 0.543 e. The van der Waals surface area contributed by atoms with Crippen molar-refractivity contribution in [2.45, 2.75) is 25.8 Å². The zero-order valence-corrected chi connectivity index (χ0v) is 19.0. The van der Waals surface area contributed by atoms with Crippen LogP contribution in [0.25, 0.3) is 0 Å². The highest BCUT2D eigenvalue weighted by Crippen LogP contribution is 2.26. The SMILES string of the molecule is Cc1ccccc1C1=NC(CCN(C)C)Cc2ccccc21.O=C([O-])C(=O)[O-].O=C([O-])C(=O)[O-]. The van der Waals surface area contributed by atoms with Crippen LogP contribution in [0.3, 0.4) is 0 Å². The van der Waals surface area contributed by atoms with Crippen molar-refractivity contribution in [1.29, 1.82) is 0 Å². The van der Waals surface area contributed by atoms with Gasteiger partial charge in [0, 0.05) is 11.1 Å². The third-order valence-electron chi connectivity index (χ3n) is 4.68. The van der Waals surface area contributed by atoms with E-state index in [1.54, 1.807) is 0 Å². The second-order valence-electron chi connectivity index (χ2n) is 7.55. The van der Waals surface area contributed by atoms with Crippen LogP contribution in [-0.2, 0) is 25.6 Å². The number of aliphatic carboxylic acids is 4. The van der Waals surface area contributed by atoms with Crippen LogP contribution >= 0.6 is 0 Å². The van der Waals surface area contributed by atoms with Crippen molar-refractivity contribution < 1.29 is 39.6 Å². The summed E-state index contributed by atoms with van der Waals surface area (Å²) in [5.41, 5.74) is 6.47. The van der Waals surface area contributed by atoms with Gasteiger partial charge in [0.05, 0.1) is 35.6 Å². The summed E-state index contributed by atoms with van der Waals surface area (Å²) in [4.78, 5) is 43.1. The number of hydrogen-bond donors (Lipinski definition) is 0. The minimum Gasteiger partial charge on any atom is -0.543 e. The second kappa shape index (κ2) is 13.5. The molecular weight excluding hydrogens is 444 g/mol. The molecule has 3 rings (SSSR count). The van der Waals surface area contributed by atoms with E-state index < -0.39 is 23.9 Å². The number of carbonyl (C=O) groups excluding carboxylic acids is 4. The summed E-state index contributed by atoms with van der Waals surface area (Å²) in [6.45, 7) is 3.25. The van der Waals surface area contributed by atoms with Crippen molar-refractivity contribution in [2.75, 3.05) is 20.6 Å². The second-order valence-corrected chi connectivity index (χ2v) is 7.55. The molecule has 1 aliphatic heterocycles. The fraction of sp³-hybridized carbons (Fsp3) is 0.292. The normalized spacial score (nSPS) is 13.8. The molecule has 10 nitrogen and oxygen atoms in total. The topological polar surface area (TPSA) is 176 Å². The highest BCUT2D eigenvalue weighted by Gasteiger charge is 2.22. The van der Waals surface area contributed by atoms with E-state index in [0.29, 0.717) is 6.04 Å². The third kappa shape index (κ3) is 9.21. The first-order chi connectivity index (χ1) is 15.9. The molecule has 0 aliphatic carbocycles. The Kier molecular flexibility index (Phi) is 11.1. The molecule has 1 aliphatic rings. The number of carboxylic acids is 4. The van der Waals surface area contributed by atoms with Gasteiger partial charge in [-0.15, -0.1) is 0 Å². The third-order valence-corrected chi connectivity index (χ3v) is 4.68. The van der Waals surface area contributed by atoms with Gasteiger partial charge in [-0.25, -0.2) is 0 Å². The number of rotatable bonds is 4. The van der Waals surface area contributed by atoms with Gasteiger partial charge in [0.2, 0.25) is 0 Å². The molecule has 0 fully saturated rings. The van der Waals surface area contributed by atoms with E-state index in [9.17, 15) is 0 Å². The number of aryl methyl sites for hydroxylation is 1. The molecule has 0 saturated carbocycles. The molecule has 1 unspecified atom stereocenters. The Bertz CT molecular complexity index is 1010. The fourth-order valence-electron chi connectivity index (χ4n) is 3.11. The maximum Gasteiger partial charge on any atom is 0.0870 e. The van der Waals surface area contributed by atoms with Crippen molar-refractivity contribution in [3.8, 4) is 0 Å². The van der Waals surface area contributed by atoms with Crippen molar-refractivity contribution in [1.82, 2.24) is 4.90 Å². The Hall–Kier alpha value is -4.05. The van der Waals surface area contributed by atoms with E-state index >= 15 is 0 Å². The smallest absolute Gasteiger partial charge is 0.0870 e. The molecule has 2 aromatic rings. The highest BCUT2D eigenvalue weighted by molar-refractivity contribution is 6.25. The van der Waals surface area contributed by atoms with E-state index in [1.165, 1.54) is 28.0 Å². The van der Waals surface area contributed by atoms with Gasteiger partial charge in [-0.05, 0) is 51.5 Å². The van der Waals surface area contributed by atoms with Gasteiger partial charge in [0.25, 0.3) is 0 Å². The minimum absolute atomic E-state index is 0.381. The van der Waals surface area contributed by atoms with E-state index in [4.69, 9.17) is 44.6 Å². The summed E-state index contributed by atoms with van der Waals surface area (Å²) in [5.74, 6) is -8.74. The van der Waals surface area contributed by atoms with Crippen LogP contribution in [0.4, 0.5) is 0 Å². The zero-order chi connectivity index (χ0) is 25.8. The summed E-state index contributed by atoms with van der Waals surface area (Å²) in [7, 11) is 4.26. The molecule has 10 heteroatoms. The van der Waals surface area contributed by atoms with Crippen LogP contribution in [0.2, 0.25) is 0 Å². The van der Waals surface area contributed by atoms with Crippen molar-refractivity contribution in [3.05, 3.63) is 70.8 Å². The maximum atomic E-state index is 8.93. The number of benzene rings is 2. The minimum atomic E-state index is -2.19. The molecule has 0 N–H and O–H groups in total. The summed E-state index contributed by atoms with van der Waals surface area (Å²) in [6, 6.07) is 17.7. The Morgan fingerprint density at radius 1 is 0.824 bits per heavy atom. The first-order valence-electron chi connectivity index (χ1n) is 10.2. The van der Waals surface area contributed by atoms with E-state index in [2.05, 4.69) is 74.4 Å². The van der Waals surface area contributed by atoms with Crippen LogP contribution < -0.4 is 20.4 Å². The summed E-state index contributed by atoms with van der Waals surface area (Å²) < 4.78 is 0. The lowest BCUT2D eigenvalue weighted by Crippen LogP contribution is -2.42. The van der Waals surface area contributed by atoms with E-state index in [1.807, 2.05) is 0 Å². The molecule has 182 valence electrons. The number of carboxylic acid groups (broad SMARTS) is 4. The predicted octanol–water partition coefficient (Wildman–Crippen LogP) is -3.32. The van der Waals surface area contributed by atoms with Gasteiger partial charge in [-0.3, -0.25) is 4.99 Å². The molecule has 0 bridgehead atoms. The maximum absolute atomic E-state index is 8.93. The summed E-state index contributed by atoms with van der Waals surface area (Å²) in [6.07, 6.45) is 2.16. The zero-order valence-electron chi connectivity index (χ0n) is 19.0. The monoisotopic (exact) mass is 468 g/mol. The highest BCUT2D eigenvalue weighted by atomic mass is 16.4. The van der Waals surface area contributed by atoms with Crippen LogP contribution in [0.1, 0.15) is 28.7 Å². The molecule has 0 amide bonds. The summed E-state index contributed by atoms with van der Waals surface area (Å²) in [5, 5.41) is 35.7. The first kappa shape index (κ1) is 28.0. The molecule has 1 atom stereocenters. The number of hydrogen-bond acceptors (Lipinski definition) is 10. The van der Waals surface area contributed by atoms with Crippen molar-refractivity contribution in [2.24, 2.45) is 4.99 Å². The molecule has 2 aromatic carbocycles. The molecule has 0 radical (unpaired) electrons. The lowest BCUT2D eigenvalue weighted by atomic mass is 9.88. The Balaban J connectivity index is 0.000000401. The Labute approximate surface area is 196 Å². The Morgan fingerprint density at radius 2 is 1.29 bits per heavy atom. The molecule has 0 aromatic heterocycles.